The van der Waals surface area contributed by atoms with E-state index in [4.69, 9.17) is 9.57 Å². The number of rotatable bonds is 6. The molecule has 3 rings (SSSR count). The van der Waals surface area contributed by atoms with E-state index in [1.54, 1.807) is 9.58 Å². The van der Waals surface area contributed by atoms with Crippen molar-refractivity contribution in [2.24, 2.45) is 5.16 Å². The molecule has 0 unspecified atom stereocenters. The number of anilines is 1. The number of aromatic nitrogens is 3. The number of hydrogen-bond acceptors (Lipinski definition) is 7. The van der Waals surface area contributed by atoms with E-state index in [2.05, 4.69) is 20.8 Å². The number of benzene rings is 1. The minimum atomic E-state index is -0.428. The van der Waals surface area contributed by atoms with Crippen molar-refractivity contribution < 1.29 is 19.2 Å². The predicted molar refractivity (Wildman–Crippen MR) is 111 cm³/mol. The first kappa shape index (κ1) is 21.3. The summed E-state index contributed by atoms with van der Waals surface area (Å²) in [6.45, 7) is 9.73. The summed E-state index contributed by atoms with van der Waals surface area (Å²) < 4.78 is 7.13. The van der Waals surface area contributed by atoms with Gasteiger partial charge in [-0.25, -0.2) is 9.48 Å². The molecule has 1 fully saturated rings. The third-order valence-corrected chi connectivity index (χ3v) is 4.92. The Morgan fingerprint density at radius 2 is 1.97 bits per heavy atom. The zero-order chi connectivity index (χ0) is 22.0. The van der Waals surface area contributed by atoms with Crippen LogP contribution in [-0.4, -0.2) is 59.0 Å². The zero-order valence-corrected chi connectivity index (χ0v) is 18.0. The third kappa shape index (κ3) is 4.12. The third-order valence-electron chi connectivity index (χ3n) is 4.92. The summed E-state index contributed by atoms with van der Waals surface area (Å²) in [7, 11) is 1.49. The van der Waals surface area contributed by atoms with Crippen molar-refractivity contribution in [1.29, 1.82) is 0 Å². The summed E-state index contributed by atoms with van der Waals surface area (Å²) in [5, 5.41) is 15.1. The summed E-state index contributed by atoms with van der Waals surface area (Å²) in [4.78, 5) is 29.9. The monoisotopic (exact) mass is 414 g/mol. The summed E-state index contributed by atoms with van der Waals surface area (Å²) in [5.74, 6) is -0.158. The van der Waals surface area contributed by atoms with E-state index < -0.39 is 6.09 Å². The number of aryl methyl sites for hydroxylation is 2. The Morgan fingerprint density at radius 3 is 2.57 bits per heavy atom. The van der Waals surface area contributed by atoms with Crippen LogP contribution >= 0.6 is 0 Å². The average molecular weight is 414 g/mol. The van der Waals surface area contributed by atoms with Gasteiger partial charge in [-0.15, -0.1) is 5.10 Å². The molecule has 10 nitrogen and oxygen atoms in total. The molecule has 0 saturated carbocycles. The molecule has 1 aliphatic heterocycles. The molecule has 1 aromatic carbocycles. The van der Waals surface area contributed by atoms with Crippen LogP contribution in [0.15, 0.2) is 17.3 Å². The first-order valence-electron chi connectivity index (χ1n) is 9.57. The van der Waals surface area contributed by atoms with Gasteiger partial charge in [0.2, 0.25) is 5.91 Å². The highest BCUT2D eigenvalue weighted by molar-refractivity contribution is 5.97. The molecular weight excluding hydrogens is 388 g/mol. The van der Waals surface area contributed by atoms with Gasteiger partial charge in [0.05, 0.1) is 24.5 Å². The highest BCUT2D eigenvalue weighted by atomic mass is 16.6. The molecule has 0 aliphatic carbocycles. The van der Waals surface area contributed by atoms with Crippen LogP contribution in [-0.2, 0) is 14.4 Å². The number of amides is 2. The lowest BCUT2D eigenvalue weighted by atomic mass is 10.1. The van der Waals surface area contributed by atoms with Gasteiger partial charge in [0, 0.05) is 12.6 Å². The molecule has 10 heteroatoms. The molecule has 2 aromatic rings. The van der Waals surface area contributed by atoms with Crippen molar-refractivity contribution in [2.75, 3.05) is 25.1 Å². The molecule has 1 atom stereocenters. The SMILES string of the molecule is CON=C(C)c1nnn(-c2c(C)cc(N3C[C@H](CNC(C)=O)OC3=O)cc2C)c1C. The van der Waals surface area contributed by atoms with Crippen molar-refractivity contribution in [3.8, 4) is 5.69 Å². The fraction of sp³-hybridized carbons (Fsp3) is 0.450. The zero-order valence-electron chi connectivity index (χ0n) is 18.0. The van der Waals surface area contributed by atoms with Gasteiger partial charge in [-0.3, -0.25) is 9.69 Å². The fourth-order valence-electron chi connectivity index (χ4n) is 3.58. The molecule has 0 radical (unpaired) electrons. The molecule has 0 bridgehead atoms. The van der Waals surface area contributed by atoms with Gasteiger partial charge in [-0.1, -0.05) is 10.4 Å². The van der Waals surface area contributed by atoms with Crippen LogP contribution in [0, 0.1) is 20.8 Å². The Balaban J connectivity index is 1.89. The van der Waals surface area contributed by atoms with Crippen molar-refractivity contribution in [2.45, 2.75) is 40.7 Å². The number of carbonyl (C=O) groups excluding carboxylic acids is 2. The molecular formula is C20H26N6O4. The fourth-order valence-corrected chi connectivity index (χ4v) is 3.58. The number of oxime groups is 1. The molecule has 1 aromatic heterocycles. The smallest absolute Gasteiger partial charge is 0.414 e. The first-order chi connectivity index (χ1) is 14.2. The van der Waals surface area contributed by atoms with Crippen molar-refractivity contribution in [1.82, 2.24) is 20.3 Å². The first-order valence-corrected chi connectivity index (χ1v) is 9.57. The van der Waals surface area contributed by atoms with Crippen LogP contribution in [0.4, 0.5) is 10.5 Å². The van der Waals surface area contributed by atoms with E-state index in [0.717, 1.165) is 28.2 Å². The Morgan fingerprint density at radius 1 is 1.30 bits per heavy atom. The van der Waals surface area contributed by atoms with Crippen molar-refractivity contribution >= 4 is 23.4 Å². The number of nitrogens with zero attached hydrogens (tertiary/aromatic N) is 5. The van der Waals surface area contributed by atoms with Gasteiger partial charge in [0.25, 0.3) is 0 Å². The highest BCUT2D eigenvalue weighted by Gasteiger charge is 2.33. The largest absolute Gasteiger partial charge is 0.442 e. The Kier molecular flexibility index (Phi) is 6.04. The van der Waals surface area contributed by atoms with E-state index in [-0.39, 0.29) is 18.6 Å². The lowest BCUT2D eigenvalue weighted by molar-refractivity contribution is -0.119. The molecule has 30 heavy (non-hydrogen) atoms. The maximum absolute atomic E-state index is 12.3. The Labute approximate surface area is 174 Å². The lowest BCUT2D eigenvalue weighted by Gasteiger charge is -2.18. The summed E-state index contributed by atoms with van der Waals surface area (Å²) in [6, 6.07) is 3.84. The van der Waals surface area contributed by atoms with Crippen LogP contribution < -0.4 is 10.2 Å². The quantitative estimate of drug-likeness (QED) is 0.572. The maximum Gasteiger partial charge on any atom is 0.414 e. The molecule has 1 aliphatic rings. The van der Waals surface area contributed by atoms with Gasteiger partial charge >= 0.3 is 6.09 Å². The number of nitrogens with one attached hydrogen (secondary N) is 1. The standard InChI is InChI=1S/C20H26N6O4/c1-11-7-16(25-10-17(30-20(25)28)9-21-15(5)27)8-12(2)19(11)26-14(4)18(22-24-26)13(3)23-29-6/h7-8,17H,9-10H2,1-6H3,(H,21,27)/t17-/m0/s1. The van der Waals surface area contributed by atoms with Gasteiger partial charge in [-0.05, 0) is 51.0 Å². The maximum atomic E-state index is 12.3. The van der Waals surface area contributed by atoms with Crippen LogP contribution in [0.2, 0.25) is 0 Å². The van der Waals surface area contributed by atoms with Gasteiger partial charge in [0.1, 0.15) is 24.6 Å². The minimum Gasteiger partial charge on any atom is -0.442 e. The lowest BCUT2D eigenvalue weighted by Crippen LogP contribution is -2.33. The second kappa shape index (κ2) is 8.52. The summed E-state index contributed by atoms with van der Waals surface area (Å²) >= 11 is 0. The Bertz CT molecular complexity index is 990. The van der Waals surface area contributed by atoms with Crippen molar-refractivity contribution in [3.63, 3.8) is 0 Å². The molecule has 160 valence electrons. The van der Waals surface area contributed by atoms with Gasteiger partial charge in [-0.2, -0.15) is 0 Å². The summed E-state index contributed by atoms with van der Waals surface area (Å²) in [5.41, 5.74) is 5.62. The molecule has 1 N–H and O–H groups in total. The molecule has 1 saturated heterocycles. The number of ether oxygens (including phenoxy) is 1. The van der Waals surface area contributed by atoms with Crippen molar-refractivity contribution in [3.05, 3.63) is 34.6 Å². The van der Waals surface area contributed by atoms with Gasteiger partial charge < -0.3 is 14.9 Å². The number of hydrogen-bond donors (Lipinski definition) is 1. The van der Waals surface area contributed by atoms with Crippen LogP contribution in [0.25, 0.3) is 5.69 Å². The summed E-state index contributed by atoms with van der Waals surface area (Å²) in [6.07, 6.45) is -0.813. The molecule has 2 heterocycles. The average Bonchev–Trinajstić information content (AvgIpc) is 3.23. The topological polar surface area (TPSA) is 111 Å². The number of cyclic esters (lactones) is 1. The number of carbonyl (C=O) groups is 2. The van der Waals surface area contributed by atoms with Crippen LogP contribution in [0.5, 0.6) is 0 Å². The van der Waals surface area contributed by atoms with E-state index >= 15 is 0 Å². The van der Waals surface area contributed by atoms with Crippen LogP contribution in [0.1, 0.15) is 36.4 Å². The minimum absolute atomic E-state index is 0.158. The van der Waals surface area contributed by atoms with Gasteiger partial charge in [0.15, 0.2) is 0 Å². The van der Waals surface area contributed by atoms with E-state index in [1.807, 2.05) is 39.8 Å². The molecule has 0 spiro atoms. The molecule has 2 amide bonds. The second-order valence-corrected chi connectivity index (χ2v) is 7.28. The van der Waals surface area contributed by atoms with E-state index in [9.17, 15) is 9.59 Å². The van der Waals surface area contributed by atoms with Crippen LogP contribution in [0.3, 0.4) is 0 Å². The van der Waals surface area contributed by atoms with E-state index in [0.29, 0.717) is 18.0 Å². The predicted octanol–water partition coefficient (Wildman–Crippen LogP) is 2.02. The Hall–Kier alpha value is -3.43. The highest BCUT2D eigenvalue weighted by Crippen LogP contribution is 2.29. The second-order valence-electron chi connectivity index (χ2n) is 7.28. The van der Waals surface area contributed by atoms with E-state index in [1.165, 1.54) is 14.0 Å². The normalized spacial score (nSPS) is 16.6.